The van der Waals surface area contributed by atoms with Gasteiger partial charge in [0.05, 0.1) is 0 Å². The van der Waals surface area contributed by atoms with E-state index >= 15 is 0 Å². The van der Waals surface area contributed by atoms with E-state index < -0.39 is 6.04 Å². The Hall–Kier alpha value is -0.810. The number of hydrogen-bond acceptors (Lipinski definition) is 3. The van der Waals surface area contributed by atoms with E-state index in [0.29, 0.717) is 5.92 Å². The van der Waals surface area contributed by atoms with Crippen LogP contribution in [0, 0.1) is 5.92 Å². The lowest BCUT2D eigenvalue weighted by molar-refractivity contribution is -0.131. The molecule has 0 spiro atoms. The molecular weight excluding hydrogens is 321 g/mol. The summed E-state index contributed by atoms with van der Waals surface area (Å²) in [6.45, 7) is 5.93. The molecule has 1 amide bonds. The Balaban J connectivity index is 0.00000220. The summed E-state index contributed by atoms with van der Waals surface area (Å²) in [7, 11) is 2.13. The zero-order valence-corrected chi connectivity index (χ0v) is 14.9. The molecule has 1 aliphatic heterocycles. The first-order valence-corrected chi connectivity index (χ1v) is 7.39. The minimum atomic E-state index is -0.529. The number of amides is 1. The van der Waals surface area contributed by atoms with E-state index in [1.54, 1.807) is 0 Å². The van der Waals surface area contributed by atoms with Gasteiger partial charge in [-0.3, -0.25) is 4.79 Å². The molecule has 126 valence electrons. The highest BCUT2D eigenvalue weighted by Crippen LogP contribution is 2.21. The highest BCUT2D eigenvalue weighted by Gasteiger charge is 2.30. The molecule has 1 fully saturated rings. The first kappa shape index (κ1) is 21.2. The quantitative estimate of drug-likeness (QED) is 0.889. The summed E-state index contributed by atoms with van der Waals surface area (Å²) in [5, 5.41) is 0. The van der Waals surface area contributed by atoms with Crippen LogP contribution >= 0.6 is 24.8 Å². The van der Waals surface area contributed by atoms with Crippen molar-refractivity contribution in [1.29, 1.82) is 0 Å². The Morgan fingerprint density at radius 3 is 2.59 bits per heavy atom. The molecule has 6 heteroatoms. The lowest BCUT2D eigenvalue weighted by Crippen LogP contribution is -2.37. The van der Waals surface area contributed by atoms with Gasteiger partial charge in [-0.25, -0.2) is 0 Å². The second kappa shape index (κ2) is 10.1. The number of likely N-dealkylation sites (tertiary alicyclic amines) is 1. The van der Waals surface area contributed by atoms with Crippen LogP contribution < -0.4 is 5.73 Å². The zero-order valence-electron chi connectivity index (χ0n) is 13.3. The van der Waals surface area contributed by atoms with Gasteiger partial charge in [0.1, 0.15) is 6.04 Å². The third-order valence-corrected chi connectivity index (χ3v) is 4.13. The van der Waals surface area contributed by atoms with E-state index in [9.17, 15) is 4.79 Å². The standard InChI is InChI=1S/C16H25N3O.2ClH/c1-3-18(2)11-13-9-10-19(12-13)16(20)15(17)14-7-5-4-6-8-14;;/h4-8,13,15H,3,9-12,17H2,1-2H3;2*1H. The molecule has 1 aromatic rings. The maximum atomic E-state index is 12.4. The number of halogens is 2. The van der Waals surface area contributed by atoms with E-state index in [-0.39, 0.29) is 30.7 Å². The number of nitrogens with zero attached hydrogens (tertiary/aromatic N) is 2. The summed E-state index contributed by atoms with van der Waals surface area (Å²) in [4.78, 5) is 16.7. The molecule has 2 rings (SSSR count). The second-order valence-electron chi connectivity index (χ2n) is 5.68. The van der Waals surface area contributed by atoms with Crippen molar-refractivity contribution in [3.63, 3.8) is 0 Å². The Morgan fingerprint density at radius 2 is 2.00 bits per heavy atom. The fourth-order valence-electron chi connectivity index (χ4n) is 2.75. The average Bonchev–Trinajstić information content (AvgIpc) is 2.95. The highest BCUT2D eigenvalue weighted by atomic mass is 35.5. The first-order chi connectivity index (χ1) is 9.61. The maximum Gasteiger partial charge on any atom is 0.244 e. The summed E-state index contributed by atoms with van der Waals surface area (Å²) in [5.41, 5.74) is 6.98. The second-order valence-corrected chi connectivity index (χ2v) is 5.68. The van der Waals surface area contributed by atoms with Gasteiger partial charge in [-0.15, -0.1) is 24.8 Å². The Labute approximate surface area is 145 Å². The third kappa shape index (κ3) is 5.43. The molecule has 1 aliphatic rings. The zero-order chi connectivity index (χ0) is 14.5. The van der Waals surface area contributed by atoms with Gasteiger partial charge in [-0.1, -0.05) is 37.3 Å². The van der Waals surface area contributed by atoms with E-state index in [0.717, 1.165) is 38.2 Å². The van der Waals surface area contributed by atoms with Crippen LogP contribution in [0.1, 0.15) is 24.9 Å². The van der Waals surface area contributed by atoms with Crippen molar-refractivity contribution in [1.82, 2.24) is 9.80 Å². The largest absolute Gasteiger partial charge is 0.341 e. The van der Waals surface area contributed by atoms with Crippen LogP contribution in [-0.2, 0) is 4.79 Å². The van der Waals surface area contributed by atoms with Crippen LogP contribution in [0.5, 0.6) is 0 Å². The van der Waals surface area contributed by atoms with Gasteiger partial charge in [0.2, 0.25) is 5.91 Å². The van der Waals surface area contributed by atoms with Crippen molar-refractivity contribution in [2.75, 3.05) is 33.2 Å². The first-order valence-electron chi connectivity index (χ1n) is 7.39. The van der Waals surface area contributed by atoms with Crippen molar-refractivity contribution in [3.8, 4) is 0 Å². The summed E-state index contributed by atoms with van der Waals surface area (Å²) in [6.07, 6.45) is 1.08. The summed E-state index contributed by atoms with van der Waals surface area (Å²) in [6, 6.07) is 9.09. The predicted molar refractivity (Wildman–Crippen MR) is 95.7 cm³/mol. The van der Waals surface area contributed by atoms with Crippen LogP contribution in [0.2, 0.25) is 0 Å². The van der Waals surface area contributed by atoms with Gasteiger partial charge < -0.3 is 15.5 Å². The van der Waals surface area contributed by atoms with E-state index in [1.807, 2.05) is 35.2 Å². The number of rotatable bonds is 5. The van der Waals surface area contributed by atoms with Gasteiger partial charge in [0, 0.05) is 19.6 Å². The van der Waals surface area contributed by atoms with Crippen LogP contribution in [-0.4, -0.2) is 48.9 Å². The topological polar surface area (TPSA) is 49.6 Å². The van der Waals surface area contributed by atoms with E-state index in [4.69, 9.17) is 5.73 Å². The van der Waals surface area contributed by atoms with Gasteiger partial charge in [0.15, 0.2) is 0 Å². The lowest BCUT2D eigenvalue weighted by atomic mass is 10.1. The van der Waals surface area contributed by atoms with Crippen molar-refractivity contribution in [3.05, 3.63) is 35.9 Å². The minimum absolute atomic E-state index is 0. The van der Waals surface area contributed by atoms with Crippen LogP contribution in [0.25, 0.3) is 0 Å². The van der Waals surface area contributed by atoms with Crippen molar-refractivity contribution >= 4 is 30.7 Å². The normalized spacial score (nSPS) is 18.5. The Bertz CT molecular complexity index is 444. The molecule has 0 aromatic heterocycles. The summed E-state index contributed by atoms with van der Waals surface area (Å²) < 4.78 is 0. The Kier molecular flexibility index (Phi) is 9.69. The lowest BCUT2D eigenvalue weighted by Gasteiger charge is -2.22. The fourth-order valence-corrected chi connectivity index (χ4v) is 2.75. The monoisotopic (exact) mass is 347 g/mol. The summed E-state index contributed by atoms with van der Waals surface area (Å²) >= 11 is 0. The molecule has 1 aromatic carbocycles. The molecule has 22 heavy (non-hydrogen) atoms. The fraction of sp³-hybridized carbons (Fsp3) is 0.562. The number of carbonyl (C=O) groups is 1. The van der Waals surface area contributed by atoms with Crippen LogP contribution in [0.3, 0.4) is 0 Å². The minimum Gasteiger partial charge on any atom is -0.341 e. The number of nitrogens with two attached hydrogens (primary N) is 1. The predicted octanol–water partition coefficient (Wildman–Crippen LogP) is 2.33. The van der Waals surface area contributed by atoms with Crippen molar-refractivity contribution < 1.29 is 4.79 Å². The molecule has 0 radical (unpaired) electrons. The maximum absolute atomic E-state index is 12.4. The number of carbonyl (C=O) groups excluding carboxylic acids is 1. The SMILES string of the molecule is CCN(C)CC1CCN(C(=O)C(N)c2ccccc2)C1.Cl.Cl. The van der Waals surface area contributed by atoms with Crippen molar-refractivity contribution in [2.45, 2.75) is 19.4 Å². The molecular formula is C16H27Cl2N3O. The van der Waals surface area contributed by atoms with E-state index in [2.05, 4.69) is 18.9 Å². The molecule has 4 nitrogen and oxygen atoms in total. The van der Waals surface area contributed by atoms with Gasteiger partial charge in [0.25, 0.3) is 0 Å². The molecule has 1 heterocycles. The molecule has 0 aliphatic carbocycles. The molecule has 0 saturated carbocycles. The molecule has 2 atom stereocenters. The average molecular weight is 348 g/mol. The molecule has 0 bridgehead atoms. The number of benzene rings is 1. The molecule has 2 unspecified atom stereocenters. The summed E-state index contributed by atoms with van der Waals surface area (Å²) in [5.74, 6) is 0.629. The number of hydrogen-bond donors (Lipinski definition) is 1. The van der Waals surface area contributed by atoms with Gasteiger partial charge in [-0.05, 0) is 31.5 Å². The van der Waals surface area contributed by atoms with Gasteiger partial charge in [-0.2, -0.15) is 0 Å². The Morgan fingerprint density at radius 1 is 1.36 bits per heavy atom. The third-order valence-electron chi connectivity index (χ3n) is 4.13. The molecule has 1 saturated heterocycles. The molecule has 2 N–H and O–H groups in total. The highest BCUT2D eigenvalue weighted by molar-refractivity contribution is 5.85. The van der Waals surface area contributed by atoms with Crippen LogP contribution in [0.15, 0.2) is 30.3 Å². The van der Waals surface area contributed by atoms with Crippen molar-refractivity contribution in [2.24, 2.45) is 11.7 Å². The van der Waals surface area contributed by atoms with Crippen LogP contribution in [0.4, 0.5) is 0 Å². The van der Waals surface area contributed by atoms with Gasteiger partial charge >= 0.3 is 0 Å². The van der Waals surface area contributed by atoms with E-state index in [1.165, 1.54) is 0 Å². The smallest absolute Gasteiger partial charge is 0.244 e.